The van der Waals surface area contributed by atoms with E-state index in [0.29, 0.717) is 6.42 Å². The standard InChI is InChI=1S/C11H18N2O/c1-11(2,3)8-13-5-4-9(7-12)6-10(13)14/h9H,4-6,8H2,1-3H3. The first-order chi connectivity index (χ1) is 6.42. The summed E-state index contributed by atoms with van der Waals surface area (Å²) in [6, 6.07) is 2.17. The third kappa shape index (κ3) is 3.02. The Morgan fingerprint density at radius 1 is 1.57 bits per heavy atom. The van der Waals surface area contributed by atoms with Crippen LogP contribution in [0.1, 0.15) is 33.6 Å². The SMILES string of the molecule is CC(C)(C)CN1CCC(C#N)CC1=O. The predicted octanol–water partition coefficient (Wildman–Crippen LogP) is 1.79. The number of nitrogens with zero attached hydrogens (tertiary/aromatic N) is 2. The zero-order chi connectivity index (χ0) is 10.8. The molecule has 1 aliphatic heterocycles. The average Bonchev–Trinajstić information content (AvgIpc) is 2.06. The summed E-state index contributed by atoms with van der Waals surface area (Å²) in [6.07, 6.45) is 1.24. The van der Waals surface area contributed by atoms with Crippen molar-refractivity contribution in [3.8, 4) is 6.07 Å². The lowest BCUT2D eigenvalue weighted by Gasteiger charge is -2.34. The summed E-state index contributed by atoms with van der Waals surface area (Å²) < 4.78 is 0. The van der Waals surface area contributed by atoms with E-state index in [0.717, 1.165) is 19.5 Å². The van der Waals surface area contributed by atoms with Crippen molar-refractivity contribution in [2.75, 3.05) is 13.1 Å². The van der Waals surface area contributed by atoms with Crippen LogP contribution in [0.25, 0.3) is 0 Å². The second-order valence-corrected chi connectivity index (χ2v) is 5.19. The topological polar surface area (TPSA) is 44.1 Å². The van der Waals surface area contributed by atoms with E-state index in [1.807, 2.05) is 4.90 Å². The molecule has 1 saturated heterocycles. The molecule has 1 unspecified atom stereocenters. The molecule has 0 bridgehead atoms. The van der Waals surface area contributed by atoms with Gasteiger partial charge in [0.15, 0.2) is 0 Å². The van der Waals surface area contributed by atoms with Crippen molar-refractivity contribution in [1.29, 1.82) is 5.26 Å². The molecule has 0 aromatic carbocycles. The zero-order valence-electron chi connectivity index (χ0n) is 9.21. The van der Waals surface area contributed by atoms with Crippen LogP contribution in [-0.2, 0) is 4.79 Å². The number of rotatable bonds is 1. The zero-order valence-corrected chi connectivity index (χ0v) is 9.21. The minimum Gasteiger partial charge on any atom is -0.342 e. The molecule has 3 heteroatoms. The van der Waals surface area contributed by atoms with Gasteiger partial charge in [0.2, 0.25) is 5.91 Å². The van der Waals surface area contributed by atoms with E-state index in [4.69, 9.17) is 5.26 Å². The number of amides is 1. The van der Waals surface area contributed by atoms with Crippen molar-refractivity contribution in [1.82, 2.24) is 4.90 Å². The van der Waals surface area contributed by atoms with Crippen LogP contribution in [-0.4, -0.2) is 23.9 Å². The molecule has 1 fully saturated rings. The van der Waals surface area contributed by atoms with Crippen LogP contribution >= 0.6 is 0 Å². The van der Waals surface area contributed by atoms with Crippen LogP contribution in [0.4, 0.5) is 0 Å². The molecule has 1 amide bonds. The maximum Gasteiger partial charge on any atom is 0.223 e. The minimum atomic E-state index is -0.0567. The number of nitriles is 1. The molecule has 1 heterocycles. The summed E-state index contributed by atoms with van der Waals surface area (Å²) in [6.45, 7) is 7.91. The number of piperidine rings is 1. The molecule has 3 nitrogen and oxygen atoms in total. The Kier molecular flexibility index (Phi) is 3.15. The van der Waals surface area contributed by atoms with Gasteiger partial charge in [-0.15, -0.1) is 0 Å². The van der Waals surface area contributed by atoms with Gasteiger partial charge < -0.3 is 4.90 Å². The maximum atomic E-state index is 11.6. The van der Waals surface area contributed by atoms with Crippen molar-refractivity contribution < 1.29 is 4.79 Å². The highest BCUT2D eigenvalue weighted by Gasteiger charge is 2.28. The molecule has 0 N–H and O–H groups in total. The summed E-state index contributed by atoms with van der Waals surface area (Å²) in [7, 11) is 0. The first kappa shape index (κ1) is 11.0. The first-order valence-corrected chi connectivity index (χ1v) is 5.10. The molecular weight excluding hydrogens is 176 g/mol. The van der Waals surface area contributed by atoms with E-state index in [1.165, 1.54) is 0 Å². The predicted molar refractivity (Wildman–Crippen MR) is 54.4 cm³/mol. The largest absolute Gasteiger partial charge is 0.342 e. The molecule has 0 aliphatic carbocycles. The second-order valence-electron chi connectivity index (χ2n) is 5.19. The quantitative estimate of drug-likeness (QED) is 0.638. The van der Waals surface area contributed by atoms with Crippen molar-refractivity contribution in [3.63, 3.8) is 0 Å². The van der Waals surface area contributed by atoms with E-state index in [9.17, 15) is 4.79 Å². The maximum absolute atomic E-state index is 11.6. The summed E-state index contributed by atoms with van der Waals surface area (Å²) >= 11 is 0. The molecule has 0 spiro atoms. The third-order valence-corrected chi connectivity index (χ3v) is 2.37. The van der Waals surface area contributed by atoms with E-state index in [1.54, 1.807) is 0 Å². The Bertz CT molecular complexity index is 259. The van der Waals surface area contributed by atoms with Gasteiger partial charge in [-0.05, 0) is 11.8 Å². The minimum absolute atomic E-state index is 0.0567. The number of carbonyl (C=O) groups excluding carboxylic acids is 1. The van der Waals surface area contributed by atoms with Gasteiger partial charge in [0.1, 0.15) is 0 Å². The van der Waals surface area contributed by atoms with Gasteiger partial charge in [0, 0.05) is 19.5 Å². The smallest absolute Gasteiger partial charge is 0.223 e. The second kappa shape index (κ2) is 4.00. The molecule has 0 aromatic heterocycles. The fourth-order valence-corrected chi connectivity index (χ4v) is 1.73. The number of hydrogen-bond acceptors (Lipinski definition) is 2. The summed E-state index contributed by atoms with van der Waals surface area (Å²) in [5.74, 6) is 0.0800. The van der Waals surface area contributed by atoms with Gasteiger partial charge in [0.25, 0.3) is 0 Å². The highest BCUT2D eigenvalue weighted by atomic mass is 16.2. The Hall–Kier alpha value is -1.04. The van der Waals surface area contributed by atoms with Crippen molar-refractivity contribution in [2.24, 2.45) is 11.3 Å². The molecule has 0 aromatic rings. The molecule has 14 heavy (non-hydrogen) atoms. The number of carbonyl (C=O) groups is 1. The van der Waals surface area contributed by atoms with Crippen LogP contribution in [0.3, 0.4) is 0 Å². The highest BCUT2D eigenvalue weighted by Crippen LogP contribution is 2.22. The van der Waals surface area contributed by atoms with Crippen LogP contribution in [0, 0.1) is 22.7 Å². The van der Waals surface area contributed by atoms with Crippen molar-refractivity contribution >= 4 is 5.91 Å². The first-order valence-electron chi connectivity index (χ1n) is 5.10. The Balaban J connectivity index is 2.52. The van der Waals surface area contributed by atoms with Gasteiger partial charge in [-0.2, -0.15) is 5.26 Å². The van der Waals surface area contributed by atoms with Crippen LogP contribution < -0.4 is 0 Å². The molecule has 0 radical (unpaired) electrons. The molecule has 1 aliphatic rings. The summed E-state index contributed by atoms with van der Waals surface area (Å²) in [5, 5.41) is 8.71. The van der Waals surface area contributed by atoms with Gasteiger partial charge in [-0.3, -0.25) is 4.79 Å². The van der Waals surface area contributed by atoms with E-state index in [2.05, 4.69) is 26.8 Å². The van der Waals surface area contributed by atoms with Gasteiger partial charge >= 0.3 is 0 Å². The monoisotopic (exact) mass is 194 g/mol. The van der Waals surface area contributed by atoms with E-state index < -0.39 is 0 Å². The molecular formula is C11H18N2O. The number of likely N-dealkylation sites (tertiary alicyclic amines) is 1. The lowest BCUT2D eigenvalue weighted by molar-refractivity contribution is -0.135. The van der Waals surface area contributed by atoms with Crippen molar-refractivity contribution in [3.05, 3.63) is 0 Å². The van der Waals surface area contributed by atoms with Crippen LogP contribution in [0.2, 0.25) is 0 Å². The van der Waals surface area contributed by atoms with Gasteiger partial charge in [-0.1, -0.05) is 20.8 Å². The highest BCUT2D eigenvalue weighted by molar-refractivity contribution is 5.77. The summed E-state index contributed by atoms with van der Waals surface area (Å²) in [4.78, 5) is 13.5. The molecule has 1 rings (SSSR count). The molecule has 1 atom stereocenters. The fourth-order valence-electron chi connectivity index (χ4n) is 1.73. The lowest BCUT2D eigenvalue weighted by atomic mass is 9.92. The Morgan fingerprint density at radius 3 is 2.64 bits per heavy atom. The normalized spacial score (nSPS) is 23.4. The van der Waals surface area contributed by atoms with Gasteiger partial charge in [0.05, 0.1) is 12.0 Å². The lowest BCUT2D eigenvalue weighted by Crippen LogP contribution is -2.42. The van der Waals surface area contributed by atoms with Crippen LogP contribution in [0.5, 0.6) is 0 Å². The van der Waals surface area contributed by atoms with Crippen molar-refractivity contribution in [2.45, 2.75) is 33.6 Å². The van der Waals surface area contributed by atoms with E-state index >= 15 is 0 Å². The Morgan fingerprint density at radius 2 is 2.21 bits per heavy atom. The van der Waals surface area contributed by atoms with E-state index in [-0.39, 0.29) is 17.2 Å². The average molecular weight is 194 g/mol. The van der Waals surface area contributed by atoms with Gasteiger partial charge in [-0.25, -0.2) is 0 Å². The van der Waals surface area contributed by atoms with Crippen LogP contribution in [0.15, 0.2) is 0 Å². The summed E-state index contributed by atoms with van der Waals surface area (Å²) in [5.41, 5.74) is 0.148. The fraction of sp³-hybridized carbons (Fsp3) is 0.818. The molecule has 0 saturated carbocycles. The Labute approximate surface area is 85.7 Å². The number of hydrogen-bond donors (Lipinski definition) is 0. The third-order valence-electron chi connectivity index (χ3n) is 2.37. The molecule has 78 valence electrons.